The number of likely N-dealkylation sites (tertiary alicyclic amines) is 1. The van der Waals surface area contributed by atoms with E-state index in [1.807, 2.05) is 30.3 Å². The third-order valence-electron chi connectivity index (χ3n) is 7.23. The second-order valence-electron chi connectivity index (χ2n) is 10.2. The summed E-state index contributed by atoms with van der Waals surface area (Å²) in [5.74, 6) is -2.93. The first kappa shape index (κ1) is 29.6. The van der Waals surface area contributed by atoms with E-state index in [0.717, 1.165) is 12.0 Å². The molecule has 2 aromatic carbocycles. The van der Waals surface area contributed by atoms with Crippen LogP contribution < -0.4 is 26.8 Å². The number of carbonyl (C=O) groups is 4. The maximum absolute atomic E-state index is 13.0. The second-order valence-corrected chi connectivity index (χ2v) is 10.2. The van der Waals surface area contributed by atoms with E-state index in [2.05, 4.69) is 10.6 Å². The van der Waals surface area contributed by atoms with Crippen molar-refractivity contribution in [2.45, 2.75) is 49.9 Å². The normalized spacial score (nSPS) is 17.5. The molecule has 2 unspecified atom stereocenters. The van der Waals surface area contributed by atoms with E-state index in [1.54, 1.807) is 35.2 Å². The van der Waals surface area contributed by atoms with Crippen molar-refractivity contribution >= 4 is 34.5 Å². The van der Waals surface area contributed by atoms with E-state index in [-0.39, 0.29) is 24.2 Å². The van der Waals surface area contributed by atoms with Crippen LogP contribution in [0.2, 0.25) is 0 Å². The van der Waals surface area contributed by atoms with Gasteiger partial charge >= 0.3 is 5.91 Å². The average Bonchev–Trinajstić information content (AvgIpc) is 3.41. The number of β-amino-alcohol motifs (C(OH)–C–C–N with tert-alkyl or cyclic N) is 1. The van der Waals surface area contributed by atoms with Gasteiger partial charge in [0.05, 0.1) is 30.7 Å². The number of nitrogens with two attached hydrogens (primary N) is 2. The van der Waals surface area contributed by atoms with Crippen molar-refractivity contribution in [3.05, 3.63) is 83.2 Å². The molecule has 1 aliphatic heterocycles. The van der Waals surface area contributed by atoms with Crippen molar-refractivity contribution in [3.63, 3.8) is 0 Å². The second kappa shape index (κ2) is 13.3. The van der Waals surface area contributed by atoms with Crippen LogP contribution in [0.1, 0.15) is 35.3 Å². The van der Waals surface area contributed by atoms with Crippen molar-refractivity contribution in [3.8, 4) is 0 Å². The van der Waals surface area contributed by atoms with Crippen LogP contribution in [0, 0.1) is 5.21 Å². The molecule has 12 heteroatoms. The molecule has 12 nitrogen and oxygen atoms in total. The number of hydrogen-bond donors (Lipinski definition) is 5. The number of pyridine rings is 1. The maximum atomic E-state index is 13.0. The Kier molecular flexibility index (Phi) is 9.61. The van der Waals surface area contributed by atoms with Crippen LogP contribution in [-0.2, 0) is 20.8 Å². The third kappa shape index (κ3) is 7.42. The van der Waals surface area contributed by atoms with Crippen LogP contribution in [0.4, 0.5) is 0 Å². The lowest BCUT2D eigenvalue weighted by Crippen LogP contribution is -2.55. The van der Waals surface area contributed by atoms with Gasteiger partial charge in [0, 0.05) is 24.1 Å². The topological polar surface area (TPSA) is 195 Å². The first-order valence-corrected chi connectivity index (χ1v) is 13.4. The molecule has 1 fully saturated rings. The van der Waals surface area contributed by atoms with E-state index >= 15 is 0 Å². The Labute approximate surface area is 236 Å². The molecule has 216 valence electrons. The molecule has 0 spiro atoms. The number of aliphatic hydroxyl groups excluding tert-OH is 1. The lowest BCUT2D eigenvalue weighted by molar-refractivity contribution is -0.579. The van der Waals surface area contributed by atoms with E-state index in [0.29, 0.717) is 23.1 Å². The molecule has 4 amide bonds. The quantitative estimate of drug-likeness (QED) is 0.152. The molecule has 2 heterocycles. The molecule has 0 saturated carbocycles. The van der Waals surface area contributed by atoms with Gasteiger partial charge < -0.3 is 27.1 Å². The Bertz CT molecular complexity index is 1420. The maximum Gasteiger partial charge on any atom is 0.323 e. The summed E-state index contributed by atoms with van der Waals surface area (Å²) in [7, 11) is 0. The zero-order chi connectivity index (χ0) is 29.5. The molecule has 1 aromatic heterocycles. The monoisotopic (exact) mass is 562 g/mol. The van der Waals surface area contributed by atoms with Crippen molar-refractivity contribution in [1.82, 2.24) is 15.5 Å². The zero-order valence-corrected chi connectivity index (χ0v) is 22.4. The Hall–Kier alpha value is -4.39. The van der Waals surface area contributed by atoms with Crippen molar-refractivity contribution in [2.75, 3.05) is 13.1 Å². The summed E-state index contributed by atoms with van der Waals surface area (Å²) in [6.45, 7) is 0.696. The minimum atomic E-state index is -1.34. The van der Waals surface area contributed by atoms with Crippen molar-refractivity contribution in [2.24, 2.45) is 11.5 Å². The van der Waals surface area contributed by atoms with E-state index < -0.39 is 54.3 Å². The summed E-state index contributed by atoms with van der Waals surface area (Å²) in [6, 6.07) is 16.2. The van der Waals surface area contributed by atoms with Crippen LogP contribution in [0.25, 0.3) is 10.9 Å². The molecule has 0 radical (unpaired) electrons. The van der Waals surface area contributed by atoms with Gasteiger partial charge in [-0.3, -0.25) is 29.4 Å². The van der Waals surface area contributed by atoms with Crippen LogP contribution in [0.3, 0.4) is 0 Å². The van der Waals surface area contributed by atoms with Gasteiger partial charge in [-0.25, -0.2) is 0 Å². The fourth-order valence-electron chi connectivity index (χ4n) is 5.06. The number of nitrogens with one attached hydrogen (secondary N) is 2. The van der Waals surface area contributed by atoms with Gasteiger partial charge in [-0.05, 0) is 43.5 Å². The van der Waals surface area contributed by atoms with Gasteiger partial charge in [0.25, 0.3) is 5.69 Å². The molecule has 1 saturated heterocycles. The lowest BCUT2D eigenvalue weighted by Gasteiger charge is -2.30. The summed E-state index contributed by atoms with van der Waals surface area (Å²) in [5, 5.41) is 29.2. The Morgan fingerprint density at radius 2 is 1.76 bits per heavy atom. The number of hydrogen-bond acceptors (Lipinski definition) is 8. The number of primary amides is 1. The highest BCUT2D eigenvalue weighted by atomic mass is 16.5. The molecule has 41 heavy (non-hydrogen) atoms. The zero-order valence-electron chi connectivity index (χ0n) is 22.4. The van der Waals surface area contributed by atoms with Crippen LogP contribution in [0.15, 0.2) is 66.7 Å². The van der Waals surface area contributed by atoms with Crippen LogP contribution >= 0.6 is 0 Å². The number of amides is 4. The summed E-state index contributed by atoms with van der Waals surface area (Å²) in [4.78, 5) is 51.8. The van der Waals surface area contributed by atoms with Gasteiger partial charge in [-0.15, -0.1) is 0 Å². The standard InChI is InChI=1S/C29H34N6O6/c30-20(16-26(37)33-29(40)24-13-12-19-9-4-5-10-22(19)35(24)41)28(39)32-21(15-18-7-2-1-3-8-18)25(36)17-34-14-6-11-23(34)27(31)38/h1-5,7-10,12-13,20-21,23,25,36H,6,11,14-17,30H2,(H2,31,38)(H,32,39)(H,33,37,40)/t20-,21?,23-,25?/m0/s1. The van der Waals surface area contributed by atoms with Crippen molar-refractivity contribution < 1.29 is 29.0 Å². The smallest absolute Gasteiger partial charge is 0.323 e. The fraction of sp³-hybridized carbons (Fsp3) is 0.345. The largest absolute Gasteiger partial charge is 0.618 e. The Morgan fingerprint density at radius 1 is 1.05 bits per heavy atom. The number of para-hydroxylation sites is 1. The van der Waals surface area contributed by atoms with Crippen LogP contribution in [-0.4, -0.2) is 71.0 Å². The highest BCUT2D eigenvalue weighted by Crippen LogP contribution is 2.18. The number of carbonyl (C=O) groups excluding carboxylic acids is 4. The summed E-state index contributed by atoms with van der Waals surface area (Å²) in [6.07, 6.45) is 0.0318. The summed E-state index contributed by atoms with van der Waals surface area (Å²) >= 11 is 0. The van der Waals surface area contributed by atoms with E-state index in [9.17, 15) is 29.5 Å². The predicted molar refractivity (Wildman–Crippen MR) is 150 cm³/mol. The molecule has 7 N–H and O–H groups in total. The van der Waals surface area contributed by atoms with Crippen LogP contribution in [0.5, 0.6) is 0 Å². The SMILES string of the molecule is NC(=O)[C@@H]1CCCN1CC(O)C(Cc1ccccc1)NC(=O)[C@@H](N)CC(=O)NC(=O)c1ccc2ccccc2[n+]1[O-]. The van der Waals surface area contributed by atoms with Gasteiger partial charge in [-0.2, -0.15) is 4.73 Å². The number of benzene rings is 2. The predicted octanol–water partition coefficient (Wildman–Crippen LogP) is -0.515. The number of fused-ring (bicyclic) bond motifs is 1. The molecule has 0 aliphatic carbocycles. The van der Waals surface area contributed by atoms with Gasteiger partial charge in [0.1, 0.15) is 0 Å². The van der Waals surface area contributed by atoms with Gasteiger partial charge in [0.2, 0.25) is 23.2 Å². The number of aliphatic hydroxyl groups is 1. The molecule has 3 aromatic rings. The Morgan fingerprint density at radius 3 is 2.49 bits per heavy atom. The molecule has 1 aliphatic rings. The number of nitrogens with zero attached hydrogens (tertiary/aromatic N) is 2. The first-order chi connectivity index (χ1) is 19.6. The molecule has 0 bridgehead atoms. The van der Waals surface area contributed by atoms with E-state index in [4.69, 9.17) is 11.5 Å². The lowest BCUT2D eigenvalue weighted by atomic mass is 9.99. The highest BCUT2D eigenvalue weighted by Gasteiger charge is 2.33. The third-order valence-corrected chi connectivity index (χ3v) is 7.23. The van der Waals surface area contributed by atoms with Gasteiger partial charge in [0.15, 0.2) is 0 Å². The summed E-state index contributed by atoms with van der Waals surface area (Å²) < 4.78 is 0.434. The fourth-order valence-corrected chi connectivity index (χ4v) is 5.06. The number of imide groups is 1. The molecule has 4 atom stereocenters. The Balaban J connectivity index is 1.38. The van der Waals surface area contributed by atoms with Crippen molar-refractivity contribution in [1.29, 1.82) is 0 Å². The number of aromatic nitrogens is 1. The minimum Gasteiger partial charge on any atom is -0.618 e. The van der Waals surface area contributed by atoms with E-state index in [1.165, 1.54) is 6.07 Å². The number of rotatable bonds is 11. The molecular formula is C29H34N6O6. The van der Waals surface area contributed by atoms with Gasteiger partial charge in [-0.1, -0.05) is 42.5 Å². The molecule has 4 rings (SSSR count). The first-order valence-electron chi connectivity index (χ1n) is 13.4. The molecular weight excluding hydrogens is 528 g/mol. The highest BCUT2D eigenvalue weighted by molar-refractivity contribution is 6.04. The summed E-state index contributed by atoms with van der Waals surface area (Å²) in [5.41, 5.74) is 12.3. The average molecular weight is 563 g/mol. The minimum absolute atomic E-state index is 0.108.